The highest BCUT2D eigenvalue weighted by molar-refractivity contribution is 7.84. The molecule has 0 spiro atoms. The molecular weight excluding hydrogens is 430 g/mol. The predicted octanol–water partition coefficient (Wildman–Crippen LogP) is 8.97. The Morgan fingerprint density at radius 1 is 1.09 bits per heavy atom. The van der Waals surface area contributed by atoms with E-state index in [-0.39, 0.29) is 5.92 Å². The number of hydrogen-bond donors (Lipinski definition) is 2. The van der Waals surface area contributed by atoms with Crippen molar-refractivity contribution in [2.24, 2.45) is 28.8 Å². The summed E-state index contributed by atoms with van der Waals surface area (Å²) in [5, 5.41) is 12.4. The Labute approximate surface area is 208 Å². The quantitative estimate of drug-likeness (QED) is 0.161. The number of nitroso groups, excluding NO2 is 1. The van der Waals surface area contributed by atoms with Gasteiger partial charge < -0.3 is 5.11 Å². The third-order valence-corrected chi connectivity index (χ3v) is 8.48. The highest BCUT2D eigenvalue weighted by Crippen LogP contribution is 2.35. The molecule has 0 fully saturated rings. The maximum atomic E-state index is 11.4. The molecule has 1 aliphatic rings. The SMILES string of the molecule is CC1=C(S)C(CCC(C)CCCC(C)CCCC(C)(CCCC(C)C(=O)O)N=O)=CCC1C. The summed E-state index contributed by atoms with van der Waals surface area (Å²) in [4.78, 5) is 23.6. The largest absolute Gasteiger partial charge is 0.481 e. The summed E-state index contributed by atoms with van der Waals surface area (Å²) in [5.74, 6) is 0.901. The van der Waals surface area contributed by atoms with Gasteiger partial charge in [-0.25, -0.2) is 0 Å². The fourth-order valence-electron chi connectivity index (χ4n) is 4.77. The first-order valence-corrected chi connectivity index (χ1v) is 13.6. The van der Waals surface area contributed by atoms with Crippen LogP contribution in [0, 0.1) is 28.6 Å². The summed E-state index contributed by atoms with van der Waals surface area (Å²) < 4.78 is 0. The van der Waals surface area contributed by atoms with Gasteiger partial charge in [0.1, 0.15) is 0 Å². The summed E-state index contributed by atoms with van der Waals surface area (Å²) in [6.07, 6.45) is 14.6. The van der Waals surface area contributed by atoms with Gasteiger partial charge in [0, 0.05) is 4.91 Å². The van der Waals surface area contributed by atoms with Crippen molar-refractivity contribution in [2.75, 3.05) is 0 Å². The van der Waals surface area contributed by atoms with Crippen LogP contribution in [0.1, 0.15) is 119 Å². The first-order valence-electron chi connectivity index (χ1n) is 13.2. The third kappa shape index (κ3) is 11.2. The zero-order valence-corrected chi connectivity index (χ0v) is 22.9. The lowest BCUT2D eigenvalue weighted by Crippen LogP contribution is -2.22. The normalized spacial score (nSPS) is 21.2. The van der Waals surface area contributed by atoms with E-state index in [1.165, 1.54) is 41.7 Å². The molecule has 0 aromatic heterocycles. The maximum Gasteiger partial charge on any atom is 0.306 e. The first kappa shape index (κ1) is 29.9. The van der Waals surface area contributed by atoms with Gasteiger partial charge in [0.15, 0.2) is 0 Å². The Morgan fingerprint density at radius 3 is 2.21 bits per heavy atom. The van der Waals surface area contributed by atoms with E-state index in [0.717, 1.165) is 44.4 Å². The topological polar surface area (TPSA) is 66.7 Å². The van der Waals surface area contributed by atoms with Crippen LogP contribution in [-0.2, 0) is 4.79 Å². The van der Waals surface area contributed by atoms with Crippen LogP contribution in [0.15, 0.2) is 27.3 Å². The Morgan fingerprint density at radius 2 is 1.64 bits per heavy atom. The van der Waals surface area contributed by atoms with E-state index in [4.69, 9.17) is 17.7 Å². The minimum atomic E-state index is -0.766. The Balaban J connectivity index is 2.22. The maximum absolute atomic E-state index is 11.4. The van der Waals surface area contributed by atoms with Gasteiger partial charge in [-0.1, -0.05) is 83.0 Å². The average molecular weight is 480 g/mol. The van der Waals surface area contributed by atoms with Crippen molar-refractivity contribution >= 4 is 18.6 Å². The molecule has 0 aliphatic heterocycles. The molecular formula is C28H49NO3S. The van der Waals surface area contributed by atoms with E-state index in [1.807, 2.05) is 6.92 Å². The van der Waals surface area contributed by atoms with Gasteiger partial charge in [0.05, 0.1) is 11.5 Å². The summed E-state index contributed by atoms with van der Waals surface area (Å²) in [5.41, 5.74) is 2.32. The zero-order chi connectivity index (χ0) is 25.0. The molecule has 5 heteroatoms. The number of rotatable bonds is 17. The van der Waals surface area contributed by atoms with E-state index in [0.29, 0.717) is 24.7 Å². The van der Waals surface area contributed by atoms with Crippen molar-refractivity contribution in [1.29, 1.82) is 0 Å². The number of carboxylic acids is 1. The average Bonchev–Trinajstić information content (AvgIpc) is 2.76. The monoisotopic (exact) mass is 479 g/mol. The minimum absolute atomic E-state index is 0.355. The number of allylic oxidation sites excluding steroid dienone is 3. The smallest absolute Gasteiger partial charge is 0.306 e. The highest BCUT2D eigenvalue weighted by Gasteiger charge is 2.25. The van der Waals surface area contributed by atoms with Crippen molar-refractivity contribution in [3.63, 3.8) is 0 Å². The molecule has 1 N–H and O–H groups in total. The lowest BCUT2D eigenvalue weighted by molar-refractivity contribution is -0.141. The van der Waals surface area contributed by atoms with Crippen molar-refractivity contribution in [2.45, 2.75) is 124 Å². The second-order valence-electron chi connectivity index (χ2n) is 11.2. The molecule has 0 saturated heterocycles. The molecule has 0 amide bonds. The lowest BCUT2D eigenvalue weighted by Gasteiger charge is -2.23. The zero-order valence-electron chi connectivity index (χ0n) is 22.0. The number of nitrogens with zero attached hydrogens (tertiary/aromatic N) is 1. The number of aliphatic carboxylic acids is 1. The van der Waals surface area contributed by atoms with Gasteiger partial charge in [0.25, 0.3) is 0 Å². The van der Waals surface area contributed by atoms with Gasteiger partial charge in [-0.3, -0.25) is 4.79 Å². The molecule has 0 heterocycles. The van der Waals surface area contributed by atoms with E-state index in [9.17, 15) is 9.70 Å². The Hall–Kier alpha value is -1.10. The Bertz CT molecular complexity index is 687. The van der Waals surface area contributed by atoms with Crippen LogP contribution in [0.4, 0.5) is 0 Å². The highest BCUT2D eigenvalue weighted by atomic mass is 32.1. The summed E-state index contributed by atoms with van der Waals surface area (Å²) >= 11 is 4.77. The van der Waals surface area contributed by atoms with Crippen LogP contribution in [0.5, 0.6) is 0 Å². The second kappa shape index (κ2) is 15.0. The van der Waals surface area contributed by atoms with Crippen LogP contribution < -0.4 is 0 Å². The van der Waals surface area contributed by atoms with E-state index in [2.05, 4.69) is 38.9 Å². The van der Waals surface area contributed by atoms with Crippen molar-refractivity contribution in [1.82, 2.24) is 0 Å². The molecule has 1 rings (SSSR count). The third-order valence-electron chi connectivity index (χ3n) is 7.84. The Kier molecular flexibility index (Phi) is 13.6. The van der Waals surface area contributed by atoms with E-state index >= 15 is 0 Å². The molecule has 5 atom stereocenters. The van der Waals surface area contributed by atoms with Gasteiger partial charge in [-0.2, -0.15) is 4.91 Å². The molecule has 0 radical (unpaired) electrons. The summed E-state index contributed by atoms with van der Waals surface area (Å²) in [6.45, 7) is 12.8. The number of carboxylic acid groups (broad SMARTS) is 1. The fraction of sp³-hybridized carbons (Fsp3) is 0.821. The van der Waals surface area contributed by atoms with E-state index in [1.54, 1.807) is 6.92 Å². The van der Waals surface area contributed by atoms with Crippen LogP contribution in [0.25, 0.3) is 0 Å². The predicted molar refractivity (Wildman–Crippen MR) is 144 cm³/mol. The summed E-state index contributed by atoms with van der Waals surface area (Å²) in [7, 11) is 0. The number of hydrogen-bond acceptors (Lipinski definition) is 4. The molecule has 190 valence electrons. The molecule has 5 unspecified atom stereocenters. The minimum Gasteiger partial charge on any atom is -0.481 e. The van der Waals surface area contributed by atoms with Gasteiger partial charge >= 0.3 is 5.97 Å². The second-order valence-corrected chi connectivity index (χ2v) is 11.6. The van der Waals surface area contributed by atoms with Crippen LogP contribution in [-0.4, -0.2) is 16.6 Å². The van der Waals surface area contributed by atoms with Crippen molar-refractivity contribution < 1.29 is 9.90 Å². The fourth-order valence-corrected chi connectivity index (χ4v) is 5.19. The van der Waals surface area contributed by atoms with Crippen LogP contribution in [0.2, 0.25) is 0 Å². The molecule has 0 bridgehead atoms. The number of thiol groups is 1. The van der Waals surface area contributed by atoms with E-state index < -0.39 is 11.5 Å². The molecule has 0 aromatic rings. The first-order chi connectivity index (χ1) is 15.5. The van der Waals surface area contributed by atoms with Crippen molar-refractivity contribution in [3.8, 4) is 0 Å². The molecule has 1 aliphatic carbocycles. The molecule has 33 heavy (non-hydrogen) atoms. The molecule has 0 aromatic carbocycles. The molecule has 4 nitrogen and oxygen atoms in total. The van der Waals surface area contributed by atoms with Crippen LogP contribution >= 0.6 is 12.6 Å². The molecule has 0 saturated carbocycles. The number of carbonyl (C=O) groups is 1. The van der Waals surface area contributed by atoms with Gasteiger partial charge in [-0.15, -0.1) is 12.6 Å². The standard InChI is InChI=1S/C28H49NO3S/c1-20(12-8-18-28(6,29-32)19-9-13-23(4)27(30)31)10-7-11-21(2)14-16-25-17-15-22(3)24(5)26(25)33/h17,20-23,33H,7-16,18-19H2,1-6H3,(H,30,31). The van der Waals surface area contributed by atoms with Crippen LogP contribution in [0.3, 0.4) is 0 Å². The summed E-state index contributed by atoms with van der Waals surface area (Å²) in [6, 6.07) is 0. The van der Waals surface area contributed by atoms with Gasteiger partial charge in [0.2, 0.25) is 0 Å². The van der Waals surface area contributed by atoms with Gasteiger partial charge in [-0.05, 0) is 75.7 Å². The van der Waals surface area contributed by atoms with Crippen molar-refractivity contribution in [3.05, 3.63) is 27.0 Å². The lowest BCUT2D eigenvalue weighted by atomic mass is 9.86.